The predicted octanol–water partition coefficient (Wildman–Crippen LogP) is 6.68. The van der Waals surface area contributed by atoms with Crippen molar-refractivity contribution in [1.29, 1.82) is 0 Å². The smallest absolute Gasteiger partial charge is 0.416 e. The molecule has 1 aromatic heterocycles. The van der Waals surface area contributed by atoms with Gasteiger partial charge in [0.2, 0.25) is 0 Å². The highest BCUT2D eigenvalue weighted by Crippen LogP contribution is 2.36. The summed E-state index contributed by atoms with van der Waals surface area (Å²) in [6.45, 7) is 0.307. The van der Waals surface area contributed by atoms with Gasteiger partial charge in [0, 0.05) is 16.3 Å². The number of hydrogen-bond acceptors (Lipinski definition) is 3. The lowest BCUT2D eigenvalue weighted by molar-refractivity contribution is -0.137. The zero-order chi connectivity index (χ0) is 22.0. The molecule has 0 fully saturated rings. The Morgan fingerprint density at radius 2 is 1.61 bits per heavy atom. The van der Waals surface area contributed by atoms with Gasteiger partial charge in [0.15, 0.2) is 5.88 Å². The van der Waals surface area contributed by atoms with E-state index >= 15 is 0 Å². The molecule has 0 aliphatic rings. The van der Waals surface area contributed by atoms with Crippen molar-refractivity contribution >= 4 is 22.5 Å². The van der Waals surface area contributed by atoms with E-state index in [1.807, 2.05) is 30.3 Å². The summed E-state index contributed by atoms with van der Waals surface area (Å²) in [7, 11) is 0. The first-order chi connectivity index (χ1) is 14.9. The van der Waals surface area contributed by atoms with Crippen molar-refractivity contribution in [2.75, 3.05) is 0 Å². The van der Waals surface area contributed by atoms with Crippen LogP contribution in [0.4, 0.5) is 13.2 Å². The van der Waals surface area contributed by atoms with Gasteiger partial charge < -0.3 is 9.67 Å². The number of hydrogen-bond donors (Lipinski definition) is 1. The number of nitroso groups, excluding NO2 is 1. The van der Waals surface area contributed by atoms with E-state index in [0.29, 0.717) is 23.0 Å². The predicted molar refractivity (Wildman–Crippen MR) is 114 cm³/mol. The number of aromatic nitrogens is 1. The average Bonchev–Trinajstić information content (AvgIpc) is 3.03. The molecule has 0 amide bonds. The van der Waals surface area contributed by atoms with Crippen LogP contribution in [0.2, 0.25) is 0 Å². The maximum atomic E-state index is 13.1. The summed E-state index contributed by atoms with van der Waals surface area (Å²) in [4.78, 5) is 11.6. The average molecular weight is 422 g/mol. The van der Waals surface area contributed by atoms with Gasteiger partial charge in [-0.25, -0.2) is 0 Å². The third kappa shape index (κ3) is 4.07. The van der Waals surface area contributed by atoms with E-state index in [1.54, 1.807) is 28.8 Å². The fraction of sp³-hybridized carbons (Fsp3) is 0.0833. The van der Waals surface area contributed by atoms with E-state index in [1.165, 1.54) is 18.2 Å². The van der Waals surface area contributed by atoms with Crippen LogP contribution in [0, 0.1) is 4.91 Å². The zero-order valence-corrected chi connectivity index (χ0v) is 16.2. The summed E-state index contributed by atoms with van der Waals surface area (Å²) in [5.41, 5.74) is 0.396. The SMILES string of the molecule is O=N/C(=C\c1c2ccccc2c(O)n1Cc1ccccc1)c1cccc(C(F)(F)F)c1. The molecule has 1 heterocycles. The first-order valence-electron chi connectivity index (χ1n) is 9.45. The molecule has 0 atom stereocenters. The van der Waals surface area contributed by atoms with Crippen LogP contribution in [0.5, 0.6) is 5.88 Å². The van der Waals surface area contributed by atoms with Gasteiger partial charge in [-0.3, -0.25) is 0 Å². The normalized spacial score (nSPS) is 12.3. The Bertz CT molecular complexity index is 1280. The maximum absolute atomic E-state index is 13.1. The molecule has 0 unspecified atom stereocenters. The van der Waals surface area contributed by atoms with E-state index in [4.69, 9.17) is 0 Å². The lowest BCUT2D eigenvalue weighted by Gasteiger charge is -2.10. The lowest BCUT2D eigenvalue weighted by Crippen LogP contribution is -2.05. The number of rotatable bonds is 5. The summed E-state index contributed by atoms with van der Waals surface area (Å²) in [6, 6.07) is 20.9. The van der Waals surface area contributed by atoms with Crippen molar-refractivity contribution < 1.29 is 18.3 Å². The van der Waals surface area contributed by atoms with Gasteiger partial charge in [-0.2, -0.15) is 13.2 Å². The fourth-order valence-corrected chi connectivity index (χ4v) is 3.53. The molecule has 4 rings (SSSR count). The zero-order valence-electron chi connectivity index (χ0n) is 16.2. The maximum Gasteiger partial charge on any atom is 0.416 e. The standard InChI is InChI=1S/C24H17F3N2O2/c25-24(26,27)18-10-6-9-17(13-18)21(28-31)14-22-19-11-4-5-12-20(19)23(30)29(22)15-16-7-2-1-3-8-16/h1-14,30H,15H2/b21-14-. The number of nitrogens with zero attached hydrogens (tertiary/aromatic N) is 2. The van der Waals surface area contributed by atoms with Crippen LogP contribution in [-0.2, 0) is 12.7 Å². The van der Waals surface area contributed by atoms with E-state index in [2.05, 4.69) is 5.18 Å². The first-order valence-corrected chi connectivity index (χ1v) is 9.45. The van der Waals surface area contributed by atoms with Gasteiger partial charge in [0.25, 0.3) is 0 Å². The Morgan fingerprint density at radius 3 is 2.29 bits per heavy atom. The first kappa shape index (κ1) is 20.4. The van der Waals surface area contributed by atoms with E-state index < -0.39 is 11.7 Å². The van der Waals surface area contributed by atoms with Crippen LogP contribution in [0.25, 0.3) is 22.5 Å². The second-order valence-electron chi connectivity index (χ2n) is 7.03. The molecule has 0 aliphatic carbocycles. The highest BCUT2D eigenvalue weighted by molar-refractivity contribution is 5.98. The van der Waals surface area contributed by atoms with Gasteiger partial charge in [-0.15, -0.1) is 4.91 Å². The molecule has 0 bridgehead atoms. The molecule has 0 saturated heterocycles. The number of fused-ring (bicyclic) bond motifs is 1. The fourth-order valence-electron chi connectivity index (χ4n) is 3.53. The van der Waals surface area contributed by atoms with E-state index in [9.17, 15) is 23.2 Å². The van der Waals surface area contributed by atoms with Crippen molar-refractivity contribution in [1.82, 2.24) is 4.57 Å². The lowest BCUT2D eigenvalue weighted by atomic mass is 10.1. The molecule has 0 radical (unpaired) electrons. The van der Waals surface area contributed by atoms with Crippen LogP contribution in [-0.4, -0.2) is 9.67 Å². The molecule has 1 N–H and O–H groups in total. The van der Waals surface area contributed by atoms with Crippen LogP contribution in [0.3, 0.4) is 0 Å². The van der Waals surface area contributed by atoms with Gasteiger partial charge in [-0.1, -0.05) is 60.7 Å². The summed E-state index contributed by atoms with van der Waals surface area (Å²) >= 11 is 0. The molecule has 0 saturated carbocycles. The molecular weight excluding hydrogens is 405 g/mol. The van der Waals surface area contributed by atoms with Gasteiger partial charge in [-0.05, 0) is 35.0 Å². The minimum Gasteiger partial charge on any atom is -0.494 e. The monoisotopic (exact) mass is 422 g/mol. The molecule has 3 aromatic carbocycles. The molecule has 0 spiro atoms. The van der Waals surface area contributed by atoms with Crippen molar-refractivity contribution in [3.63, 3.8) is 0 Å². The summed E-state index contributed by atoms with van der Waals surface area (Å²) in [6.07, 6.45) is -3.13. The summed E-state index contributed by atoms with van der Waals surface area (Å²) in [5, 5.41) is 15.0. The van der Waals surface area contributed by atoms with Crippen molar-refractivity contribution in [2.45, 2.75) is 12.7 Å². The van der Waals surface area contributed by atoms with E-state index in [-0.39, 0.29) is 17.1 Å². The summed E-state index contributed by atoms with van der Waals surface area (Å²) < 4.78 is 41.0. The molecule has 4 nitrogen and oxygen atoms in total. The van der Waals surface area contributed by atoms with Crippen molar-refractivity contribution in [2.24, 2.45) is 5.18 Å². The van der Waals surface area contributed by atoms with Crippen molar-refractivity contribution in [3.05, 3.63) is 106 Å². The van der Waals surface area contributed by atoms with Crippen LogP contribution in [0.1, 0.15) is 22.4 Å². The molecule has 0 aliphatic heterocycles. The summed E-state index contributed by atoms with van der Waals surface area (Å²) in [5.74, 6) is -0.00000530. The number of benzene rings is 3. The van der Waals surface area contributed by atoms with Crippen LogP contribution in [0.15, 0.2) is 84.0 Å². The Hall–Kier alpha value is -3.87. The molecule has 4 aromatic rings. The van der Waals surface area contributed by atoms with Gasteiger partial charge in [0.1, 0.15) is 5.70 Å². The largest absolute Gasteiger partial charge is 0.494 e. The Labute approximate surface area is 175 Å². The highest BCUT2D eigenvalue weighted by Gasteiger charge is 2.30. The molecular formula is C24H17F3N2O2. The van der Waals surface area contributed by atoms with Crippen LogP contribution >= 0.6 is 0 Å². The molecule has 156 valence electrons. The van der Waals surface area contributed by atoms with Crippen molar-refractivity contribution in [3.8, 4) is 5.88 Å². The highest BCUT2D eigenvalue weighted by atomic mass is 19.4. The third-order valence-corrected chi connectivity index (χ3v) is 5.03. The second kappa shape index (κ2) is 8.10. The number of alkyl halides is 3. The quantitative estimate of drug-likeness (QED) is 0.365. The Balaban J connectivity index is 1.89. The Morgan fingerprint density at radius 1 is 0.935 bits per heavy atom. The Kier molecular flexibility index (Phi) is 5.33. The molecule has 31 heavy (non-hydrogen) atoms. The minimum absolute atomic E-state index is 0.00000530. The topological polar surface area (TPSA) is 54.6 Å². The molecule has 7 heteroatoms. The van der Waals surface area contributed by atoms with Gasteiger partial charge >= 0.3 is 6.18 Å². The van der Waals surface area contributed by atoms with Gasteiger partial charge in [0.05, 0.1) is 17.8 Å². The van der Waals surface area contributed by atoms with E-state index in [0.717, 1.165) is 17.7 Å². The second-order valence-corrected chi connectivity index (χ2v) is 7.03. The third-order valence-electron chi connectivity index (χ3n) is 5.03. The number of aromatic hydroxyl groups is 1. The minimum atomic E-state index is -4.54. The number of halogens is 3. The van der Waals surface area contributed by atoms with Crippen LogP contribution < -0.4 is 0 Å².